The summed E-state index contributed by atoms with van der Waals surface area (Å²) in [6.45, 7) is 0. The van der Waals surface area contributed by atoms with Crippen molar-refractivity contribution in [1.82, 2.24) is 0 Å². The van der Waals surface area contributed by atoms with E-state index < -0.39 is 6.10 Å². The molecule has 1 unspecified atom stereocenters. The Morgan fingerprint density at radius 1 is 0.792 bits per heavy atom. The van der Waals surface area contributed by atoms with E-state index in [2.05, 4.69) is 24.3 Å². The third-order valence-electron chi connectivity index (χ3n) is 4.77. The summed E-state index contributed by atoms with van der Waals surface area (Å²) in [7, 11) is 0. The highest BCUT2D eigenvalue weighted by Gasteiger charge is 2.29. The van der Waals surface area contributed by atoms with Crippen molar-refractivity contribution in [1.29, 1.82) is 0 Å². The van der Waals surface area contributed by atoms with Crippen molar-refractivity contribution < 1.29 is 9.90 Å². The average Bonchev–Trinajstić information content (AvgIpc) is 2.88. The van der Waals surface area contributed by atoms with E-state index in [1.165, 1.54) is 11.1 Å². The number of Topliss-reactive ketones (excluding diaryl/α,β-unsaturated/α-hetero) is 1. The second kappa shape index (κ2) is 8.07. The summed E-state index contributed by atoms with van der Waals surface area (Å²) in [5.74, 6) is 0.138. The Bertz CT molecular complexity index is 701. The summed E-state index contributed by atoms with van der Waals surface area (Å²) in [4.78, 5) is 12.2. The van der Waals surface area contributed by atoms with Crippen molar-refractivity contribution >= 4 is 5.78 Å². The highest BCUT2D eigenvalue weighted by atomic mass is 16.3. The minimum atomic E-state index is -0.576. The second-order valence-electron chi connectivity index (χ2n) is 6.47. The molecule has 0 saturated carbocycles. The van der Waals surface area contributed by atoms with Crippen molar-refractivity contribution in [3.05, 3.63) is 82.9 Å². The molecular formula is C22H24O2. The van der Waals surface area contributed by atoms with Crippen molar-refractivity contribution in [3.63, 3.8) is 0 Å². The van der Waals surface area contributed by atoms with Crippen molar-refractivity contribution in [2.24, 2.45) is 0 Å². The standard InChI is InChI=1S/C22H24O2/c23-21-16-22(24)20(15-14-18-10-5-2-6-11-18)19(21)13-7-12-17-8-3-1-4-9-17/h1-6,8-11,22,24H,7,12-16H2. The molecule has 0 bridgehead atoms. The number of hydrogen-bond acceptors (Lipinski definition) is 2. The molecule has 1 atom stereocenters. The Balaban J connectivity index is 1.62. The Hall–Kier alpha value is -2.19. The summed E-state index contributed by atoms with van der Waals surface area (Å²) < 4.78 is 0. The van der Waals surface area contributed by atoms with Gasteiger partial charge in [0.1, 0.15) is 0 Å². The van der Waals surface area contributed by atoms with Crippen LogP contribution >= 0.6 is 0 Å². The number of aryl methyl sites for hydroxylation is 2. The number of rotatable bonds is 7. The van der Waals surface area contributed by atoms with Gasteiger partial charge in [0.25, 0.3) is 0 Å². The lowest BCUT2D eigenvalue weighted by Crippen LogP contribution is -2.07. The largest absolute Gasteiger partial charge is 0.388 e. The average molecular weight is 320 g/mol. The van der Waals surface area contributed by atoms with Crippen molar-refractivity contribution in [2.75, 3.05) is 0 Å². The van der Waals surface area contributed by atoms with Crippen LogP contribution in [0, 0.1) is 0 Å². The van der Waals surface area contributed by atoms with Crippen LogP contribution in [-0.2, 0) is 17.6 Å². The van der Waals surface area contributed by atoms with E-state index in [-0.39, 0.29) is 12.2 Å². The molecule has 0 saturated heterocycles. The van der Waals surface area contributed by atoms with Gasteiger partial charge in [-0.1, -0.05) is 60.7 Å². The number of allylic oxidation sites excluding steroid dienone is 1. The van der Waals surface area contributed by atoms with Crippen molar-refractivity contribution in [3.8, 4) is 0 Å². The van der Waals surface area contributed by atoms with Gasteiger partial charge in [-0.2, -0.15) is 0 Å². The minimum Gasteiger partial charge on any atom is -0.388 e. The number of aliphatic hydroxyl groups excluding tert-OH is 1. The molecule has 2 nitrogen and oxygen atoms in total. The molecule has 2 heteroatoms. The number of hydrogen-bond donors (Lipinski definition) is 1. The zero-order chi connectivity index (χ0) is 16.8. The van der Waals surface area contributed by atoms with Gasteiger partial charge < -0.3 is 5.11 Å². The minimum absolute atomic E-state index is 0.138. The van der Waals surface area contributed by atoms with Crippen LogP contribution in [-0.4, -0.2) is 17.0 Å². The number of aliphatic hydroxyl groups is 1. The molecular weight excluding hydrogens is 296 g/mol. The normalized spacial score (nSPS) is 17.5. The van der Waals surface area contributed by atoms with Crippen LogP contribution in [0.4, 0.5) is 0 Å². The first kappa shape index (κ1) is 16.7. The highest BCUT2D eigenvalue weighted by molar-refractivity contribution is 5.99. The third-order valence-corrected chi connectivity index (χ3v) is 4.77. The number of ketones is 1. The molecule has 1 aliphatic rings. The van der Waals surface area contributed by atoms with Gasteiger partial charge >= 0.3 is 0 Å². The highest BCUT2D eigenvalue weighted by Crippen LogP contribution is 2.30. The van der Waals surface area contributed by atoms with Crippen LogP contribution in [0.3, 0.4) is 0 Å². The van der Waals surface area contributed by atoms with E-state index in [1.807, 2.05) is 36.4 Å². The van der Waals surface area contributed by atoms with Gasteiger partial charge in [0.15, 0.2) is 5.78 Å². The Labute approximate surface area is 143 Å². The van der Waals surface area contributed by atoms with E-state index in [4.69, 9.17) is 0 Å². The summed E-state index contributed by atoms with van der Waals surface area (Å²) in [6.07, 6.45) is 4.04. The fourth-order valence-electron chi connectivity index (χ4n) is 3.46. The summed E-state index contributed by atoms with van der Waals surface area (Å²) in [5.41, 5.74) is 4.40. The van der Waals surface area contributed by atoms with E-state index in [0.717, 1.165) is 43.3 Å². The van der Waals surface area contributed by atoms with Crippen LogP contribution in [0.15, 0.2) is 71.8 Å². The molecule has 0 aromatic heterocycles. The molecule has 1 N–H and O–H groups in total. The van der Waals surface area contributed by atoms with Crippen LogP contribution in [0.5, 0.6) is 0 Å². The van der Waals surface area contributed by atoms with Crippen LogP contribution in [0.25, 0.3) is 0 Å². The monoisotopic (exact) mass is 320 g/mol. The quantitative estimate of drug-likeness (QED) is 0.827. The van der Waals surface area contributed by atoms with Crippen LogP contribution < -0.4 is 0 Å². The van der Waals surface area contributed by atoms with E-state index >= 15 is 0 Å². The summed E-state index contributed by atoms with van der Waals surface area (Å²) in [5, 5.41) is 10.2. The maximum Gasteiger partial charge on any atom is 0.161 e. The molecule has 0 spiro atoms. The molecule has 2 aromatic rings. The number of carbonyl (C=O) groups excluding carboxylic acids is 1. The first-order valence-electron chi connectivity index (χ1n) is 8.75. The first-order valence-corrected chi connectivity index (χ1v) is 8.75. The fourth-order valence-corrected chi connectivity index (χ4v) is 3.46. The summed E-state index contributed by atoms with van der Waals surface area (Å²) in [6, 6.07) is 20.6. The van der Waals surface area contributed by atoms with Gasteiger partial charge in [-0.25, -0.2) is 0 Å². The second-order valence-corrected chi connectivity index (χ2v) is 6.47. The molecule has 0 radical (unpaired) electrons. The van der Waals surface area contributed by atoms with Gasteiger partial charge in [-0.3, -0.25) is 4.79 Å². The maximum atomic E-state index is 12.2. The Morgan fingerprint density at radius 3 is 2.00 bits per heavy atom. The smallest absolute Gasteiger partial charge is 0.161 e. The van der Waals surface area contributed by atoms with Gasteiger partial charge in [0.05, 0.1) is 6.10 Å². The van der Waals surface area contributed by atoms with Gasteiger partial charge in [0, 0.05) is 6.42 Å². The zero-order valence-electron chi connectivity index (χ0n) is 13.9. The van der Waals surface area contributed by atoms with E-state index in [0.29, 0.717) is 0 Å². The topological polar surface area (TPSA) is 37.3 Å². The fraction of sp³-hybridized carbons (Fsp3) is 0.318. The molecule has 1 aliphatic carbocycles. The first-order chi connectivity index (χ1) is 11.7. The lowest BCUT2D eigenvalue weighted by Gasteiger charge is -2.10. The molecule has 124 valence electrons. The Kier molecular flexibility index (Phi) is 5.60. The summed E-state index contributed by atoms with van der Waals surface area (Å²) >= 11 is 0. The van der Waals surface area contributed by atoms with E-state index in [9.17, 15) is 9.90 Å². The lowest BCUT2D eigenvalue weighted by atomic mass is 9.97. The number of carbonyl (C=O) groups is 1. The van der Waals surface area contributed by atoms with E-state index in [1.54, 1.807) is 0 Å². The molecule has 3 rings (SSSR count). The molecule has 0 heterocycles. The maximum absolute atomic E-state index is 12.2. The molecule has 2 aromatic carbocycles. The van der Waals surface area contributed by atoms with Crippen molar-refractivity contribution in [2.45, 2.75) is 44.6 Å². The predicted octanol–water partition coefficient (Wildman–Crippen LogP) is 4.27. The Morgan fingerprint density at radius 2 is 1.38 bits per heavy atom. The van der Waals surface area contributed by atoms with Gasteiger partial charge in [0.2, 0.25) is 0 Å². The van der Waals surface area contributed by atoms with Gasteiger partial charge in [-0.15, -0.1) is 0 Å². The predicted molar refractivity (Wildman–Crippen MR) is 96.8 cm³/mol. The molecule has 0 aliphatic heterocycles. The molecule has 0 fully saturated rings. The SMILES string of the molecule is O=C1CC(O)C(CCc2ccccc2)=C1CCCc1ccccc1. The molecule has 24 heavy (non-hydrogen) atoms. The third kappa shape index (κ3) is 4.21. The lowest BCUT2D eigenvalue weighted by molar-refractivity contribution is -0.116. The molecule has 0 amide bonds. The van der Waals surface area contributed by atoms with Crippen LogP contribution in [0.2, 0.25) is 0 Å². The van der Waals surface area contributed by atoms with Gasteiger partial charge in [-0.05, 0) is 54.4 Å². The zero-order valence-corrected chi connectivity index (χ0v) is 13.9. The number of benzene rings is 2. The van der Waals surface area contributed by atoms with Crippen LogP contribution in [0.1, 0.15) is 36.8 Å².